The van der Waals surface area contributed by atoms with Crippen LogP contribution in [0.3, 0.4) is 0 Å². The van der Waals surface area contributed by atoms with Gasteiger partial charge in [-0.25, -0.2) is 13.1 Å². The first-order chi connectivity index (χ1) is 18.5. The van der Waals surface area contributed by atoms with Crippen LogP contribution in [0.2, 0.25) is 0 Å². The Morgan fingerprint density at radius 3 is 2.70 bits per heavy atom. The first-order valence-corrected chi connectivity index (χ1v) is 10.4. The number of anilines is 2. The zero-order valence-electron chi connectivity index (χ0n) is 26.5. The molecule has 0 aliphatic carbocycles. The molecular weight excluding hydrogens is 426 g/mol. The molecule has 30 heavy (non-hydrogen) atoms. The van der Waals surface area contributed by atoms with Crippen LogP contribution in [0.25, 0.3) is 0 Å². The molecule has 10 heteroatoms. The summed E-state index contributed by atoms with van der Waals surface area (Å²) in [7, 11) is -4.64. The van der Waals surface area contributed by atoms with Crippen LogP contribution in [-0.4, -0.2) is 25.3 Å². The van der Waals surface area contributed by atoms with E-state index >= 15 is 0 Å². The number of hydrogen-bond donors (Lipinski definition) is 2. The van der Waals surface area contributed by atoms with Gasteiger partial charge < -0.3 is 9.84 Å². The minimum atomic E-state index is -4.64. The molecule has 158 valence electrons. The van der Waals surface area contributed by atoms with Crippen LogP contribution in [0.1, 0.15) is 64.4 Å². The monoisotopic (exact) mass is 458 g/mol. The number of sulfonamides is 1. The Hall–Kier alpha value is -2.98. The van der Waals surface area contributed by atoms with E-state index in [9.17, 15) is 18.0 Å². The smallest absolute Gasteiger partial charge is 0.267 e. The van der Waals surface area contributed by atoms with Gasteiger partial charge in [0.2, 0.25) is 5.88 Å². The Morgan fingerprint density at radius 1 is 1.27 bits per heavy atom. The Labute approximate surface area is 193 Å². The second kappa shape index (κ2) is 8.04. The van der Waals surface area contributed by atoms with Crippen LogP contribution in [-0.2, 0) is 10.0 Å². The number of aromatic nitrogens is 1. The minimum absolute atomic E-state index is 0.136. The second-order valence-electron chi connectivity index (χ2n) is 5.97. The summed E-state index contributed by atoms with van der Waals surface area (Å²) in [5.41, 5.74) is -4.28. The predicted molar refractivity (Wildman–Crippen MR) is 115 cm³/mol. The molecule has 2 N–H and O–H groups in total. The number of amides is 1. The van der Waals surface area contributed by atoms with Gasteiger partial charge in [-0.15, -0.1) is 11.3 Å². The molecule has 0 saturated carbocycles. The third kappa shape index (κ3) is 4.14. The van der Waals surface area contributed by atoms with E-state index in [4.69, 9.17) is 19.6 Å². The van der Waals surface area contributed by atoms with E-state index < -0.39 is 98.1 Å². The summed E-state index contributed by atoms with van der Waals surface area (Å²) in [6, 6.07) is -1.09. The highest BCUT2D eigenvalue weighted by molar-refractivity contribution is 7.93. The second-order valence-corrected chi connectivity index (χ2v) is 8.53. The lowest BCUT2D eigenvalue weighted by Crippen LogP contribution is -2.20. The summed E-state index contributed by atoms with van der Waals surface area (Å²) in [6.07, 6.45) is 0. The number of Topliss-reactive ketones (excluding diaryl/α,β-unsaturated/α-hetero) is 1. The number of carbonyl (C=O) groups excluding carboxylic acids is 2. The third-order valence-electron chi connectivity index (χ3n) is 3.87. The summed E-state index contributed by atoms with van der Waals surface area (Å²) < 4.78 is 119. The van der Waals surface area contributed by atoms with Crippen molar-refractivity contribution < 1.29 is 37.6 Å². The molecule has 1 amide bonds. The van der Waals surface area contributed by atoms with E-state index in [-0.39, 0.29) is 5.56 Å². The van der Waals surface area contributed by atoms with Gasteiger partial charge in [-0.3, -0.25) is 9.59 Å². The fourth-order valence-corrected chi connectivity index (χ4v) is 4.74. The van der Waals surface area contributed by atoms with Crippen molar-refractivity contribution in [3.8, 4) is 0 Å². The zero-order chi connectivity index (χ0) is 31.5. The van der Waals surface area contributed by atoms with Gasteiger partial charge in [0, 0.05) is 23.5 Å². The first-order valence-electron chi connectivity index (χ1n) is 13.6. The first kappa shape index (κ1) is 11.4. The van der Waals surface area contributed by atoms with Crippen molar-refractivity contribution in [3.63, 3.8) is 0 Å². The number of benzene rings is 1. The average molecular weight is 459 g/mol. The van der Waals surface area contributed by atoms with Crippen molar-refractivity contribution in [3.05, 3.63) is 56.4 Å². The van der Waals surface area contributed by atoms with Gasteiger partial charge in [-0.1, -0.05) is 11.2 Å². The highest BCUT2D eigenvalue weighted by atomic mass is 32.2. The Bertz CT molecular complexity index is 1650. The summed E-state index contributed by atoms with van der Waals surface area (Å²) in [6.45, 7) is -6.95. The summed E-state index contributed by atoms with van der Waals surface area (Å²) in [5.74, 6) is -2.78. The van der Waals surface area contributed by atoms with Crippen LogP contribution in [0.4, 0.5) is 11.6 Å². The van der Waals surface area contributed by atoms with Gasteiger partial charge >= 0.3 is 0 Å². The largest absolute Gasteiger partial charge is 0.337 e. The molecule has 0 saturated heterocycles. The van der Waals surface area contributed by atoms with E-state index in [1.807, 2.05) is 4.72 Å². The Kier molecular flexibility index (Phi) is 3.06. The van der Waals surface area contributed by atoms with Gasteiger partial charge in [0.05, 0.1) is 14.1 Å². The van der Waals surface area contributed by atoms with Gasteiger partial charge in [0.15, 0.2) is 5.78 Å². The number of carbonyl (C=O) groups is 2. The van der Waals surface area contributed by atoms with E-state index in [0.29, 0.717) is 11.3 Å². The van der Waals surface area contributed by atoms with Crippen LogP contribution in [0, 0.1) is 27.5 Å². The molecule has 0 atom stereocenters. The van der Waals surface area contributed by atoms with Gasteiger partial charge in [0.25, 0.3) is 15.9 Å². The van der Waals surface area contributed by atoms with Crippen molar-refractivity contribution in [2.75, 3.05) is 10.0 Å². The van der Waals surface area contributed by atoms with E-state index in [1.54, 1.807) is 0 Å². The molecule has 0 spiro atoms. The van der Waals surface area contributed by atoms with Crippen molar-refractivity contribution >= 4 is 44.6 Å². The van der Waals surface area contributed by atoms with Crippen LogP contribution in [0.5, 0.6) is 0 Å². The molecule has 0 fully saturated rings. The molecule has 8 nitrogen and oxygen atoms in total. The molecule has 0 unspecified atom stereocenters. The lowest BCUT2D eigenvalue weighted by molar-refractivity contribution is 0.101. The van der Waals surface area contributed by atoms with Crippen LogP contribution < -0.4 is 10.0 Å². The summed E-state index contributed by atoms with van der Waals surface area (Å²) in [5, 5.41) is 6.67. The van der Waals surface area contributed by atoms with Gasteiger partial charge in [0.1, 0.15) is 9.77 Å². The standard InChI is InChI=1S/C20H21N3O5S2/c1-10-8-11(2)17(15(9-10)14(5)24)21-19(25)18-16(6-7-29-18)30(26,27)23-20-12(3)13(4)22-28-20/h6-9,23H,1-5H3,(H,21,25)/i1D3,2D3,4D3,8D,9D. The summed E-state index contributed by atoms with van der Waals surface area (Å²) >= 11 is 0.595. The maximum absolute atomic E-state index is 13.3. The van der Waals surface area contributed by atoms with E-state index in [0.717, 1.165) is 13.0 Å². The SMILES string of the molecule is [2H]c1c(C(C)=O)c(NC(=O)c2sccc2S(=O)(=O)Nc2onc(C([2H])([2H])[2H])c2C)c(C([2H])([2H])[2H])c([2H])c1C([2H])([2H])[2H]. The molecule has 3 rings (SSSR count). The molecule has 1 aromatic carbocycles. The quantitative estimate of drug-likeness (QED) is 0.534. The third-order valence-corrected chi connectivity index (χ3v) is 6.28. The topological polar surface area (TPSA) is 118 Å². The average Bonchev–Trinajstić information content (AvgIpc) is 3.38. The number of hydrogen-bond acceptors (Lipinski definition) is 7. The Balaban J connectivity index is 2.15. The maximum Gasteiger partial charge on any atom is 0.267 e. The summed E-state index contributed by atoms with van der Waals surface area (Å²) in [4.78, 5) is 24.6. The Morgan fingerprint density at radius 2 is 2.07 bits per heavy atom. The fourth-order valence-electron chi connectivity index (χ4n) is 2.37. The van der Waals surface area contributed by atoms with Crippen LogP contribution >= 0.6 is 11.3 Å². The molecule has 0 bridgehead atoms. The van der Waals surface area contributed by atoms with Crippen molar-refractivity contribution in [1.82, 2.24) is 5.16 Å². The highest BCUT2D eigenvalue weighted by Gasteiger charge is 2.27. The number of rotatable bonds is 6. The number of ketones is 1. The highest BCUT2D eigenvalue weighted by Crippen LogP contribution is 2.29. The molecule has 2 aromatic heterocycles. The van der Waals surface area contributed by atoms with Crippen molar-refractivity contribution in [1.29, 1.82) is 0 Å². The molecular formula is C20H21N3O5S2. The molecule has 0 aliphatic rings. The zero-order valence-corrected chi connectivity index (χ0v) is 17.1. The fraction of sp³-hybridized carbons (Fsp3) is 0.250. The number of thiophene rings is 1. The lowest BCUT2D eigenvalue weighted by atomic mass is 10.0. The van der Waals surface area contributed by atoms with E-state index in [1.165, 1.54) is 12.3 Å². The molecule has 0 radical (unpaired) electrons. The lowest BCUT2D eigenvalue weighted by Gasteiger charge is -2.14. The minimum Gasteiger partial charge on any atom is -0.337 e. The molecule has 2 heterocycles. The number of nitrogens with one attached hydrogen (secondary N) is 2. The van der Waals surface area contributed by atoms with Crippen molar-refractivity contribution in [2.45, 2.75) is 39.3 Å². The van der Waals surface area contributed by atoms with Gasteiger partial charge in [-0.05, 0) is 63.0 Å². The van der Waals surface area contributed by atoms with Crippen molar-refractivity contribution in [2.24, 2.45) is 0 Å². The molecule has 3 aromatic rings. The normalized spacial score (nSPS) is 18.0. The van der Waals surface area contributed by atoms with E-state index in [2.05, 4.69) is 10.5 Å². The number of aryl methyl sites for hydroxylation is 1. The van der Waals surface area contributed by atoms with Gasteiger partial charge in [-0.2, -0.15) is 0 Å². The maximum atomic E-state index is 13.3. The van der Waals surface area contributed by atoms with Crippen LogP contribution in [0.15, 0.2) is 32.9 Å². The molecule has 0 aliphatic heterocycles. The number of nitrogens with zero attached hydrogens (tertiary/aromatic N) is 1. The predicted octanol–water partition coefficient (Wildman–Crippen LogP) is 4.23.